The van der Waals surface area contributed by atoms with Crippen LogP contribution in [0.5, 0.6) is 5.75 Å². The van der Waals surface area contributed by atoms with Gasteiger partial charge in [0, 0.05) is 31.9 Å². The summed E-state index contributed by atoms with van der Waals surface area (Å²) < 4.78 is 18.7. The number of amides is 2. The number of carbonyl (C=O) groups is 2. The van der Waals surface area contributed by atoms with Crippen molar-refractivity contribution >= 4 is 17.5 Å². The van der Waals surface area contributed by atoms with Crippen LogP contribution >= 0.6 is 0 Å². The van der Waals surface area contributed by atoms with E-state index < -0.39 is 0 Å². The lowest BCUT2D eigenvalue weighted by Gasteiger charge is -2.34. The van der Waals surface area contributed by atoms with Crippen LogP contribution in [0, 0.1) is 5.82 Å². The summed E-state index contributed by atoms with van der Waals surface area (Å²) in [5.74, 6) is 0.223. The first-order chi connectivity index (χ1) is 14.6. The average molecular weight is 411 g/mol. The molecule has 0 unspecified atom stereocenters. The molecule has 4 rings (SSSR count). The molecule has 0 radical (unpaired) electrons. The Kier molecular flexibility index (Phi) is 6.28. The van der Waals surface area contributed by atoms with Gasteiger partial charge in [-0.15, -0.1) is 0 Å². The number of benzene rings is 2. The lowest BCUT2D eigenvalue weighted by molar-refractivity contribution is -0.135. The predicted molar refractivity (Wildman–Crippen MR) is 112 cm³/mol. The van der Waals surface area contributed by atoms with E-state index in [1.807, 2.05) is 17.0 Å². The van der Waals surface area contributed by atoms with Crippen LogP contribution < -0.4 is 10.1 Å². The molecule has 2 amide bonds. The molecule has 0 saturated carbocycles. The molecule has 158 valence electrons. The van der Waals surface area contributed by atoms with E-state index in [0.29, 0.717) is 31.9 Å². The summed E-state index contributed by atoms with van der Waals surface area (Å²) in [4.78, 5) is 28.4. The predicted octanol–water partition coefficient (Wildman–Crippen LogP) is 2.48. The quantitative estimate of drug-likeness (QED) is 0.793. The van der Waals surface area contributed by atoms with Crippen molar-refractivity contribution in [1.82, 2.24) is 9.80 Å². The summed E-state index contributed by atoms with van der Waals surface area (Å²) in [6, 6.07) is 11.8. The third-order valence-electron chi connectivity index (χ3n) is 5.65. The van der Waals surface area contributed by atoms with Gasteiger partial charge in [0.2, 0.25) is 5.91 Å². The summed E-state index contributed by atoms with van der Waals surface area (Å²) in [6.45, 7) is 2.66. The van der Waals surface area contributed by atoms with Crippen LogP contribution in [0.15, 0.2) is 42.5 Å². The molecule has 1 heterocycles. The van der Waals surface area contributed by atoms with Crippen molar-refractivity contribution in [2.45, 2.75) is 19.3 Å². The number of hydrogen-bond donors (Lipinski definition) is 1. The fourth-order valence-electron chi connectivity index (χ4n) is 3.97. The first-order valence-electron chi connectivity index (χ1n) is 10.4. The van der Waals surface area contributed by atoms with E-state index in [0.717, 1.165) is 18.6 Å². The second kappa shape index (κ2) is 9.26. The molecule has 1 aliphatic heterocycles. The highest BCUT2D eigenvalue weighted by Crippen LogP contribution is 2.26. The number of fused-ring (bicyclic) bond motifs is 1. The largest absolute Gasteiger partial charge is 0.484 e. The fraction of sp³-hybridized carbons (Fsp3) is 0.391. The van der Waals surface area contributed by atoms with Crippen LogP contribution in [0.1, 0.15) is 17.5 Å². The molecule has 6 nitrogen and oxygen atoms in total. The van der Waals surface area contributed by atoms with Crippen molar-refractivity contribution in [2.75, 3.05) is 44.6 Å². The van der Waals surface area contributed by atoms with E-state index in [1.54, 1.807) is 4.90 Å². The third kappa shape index (κ3) is 5.16. The van der Waals surface area contributed by atoms with Crippen LogP contribution in [0.2, 0.25) is 0 Å². The van der Waals surface area contributed by atoms with Gasteiger partial charge in [-0.05, 0) is 66.8 Å². The molecular formula is C23H26FN3O3. The number of piperazine rings is 1. The molecule has 2 aromatic rings. The number of carbonyl (C=O) groups excluding carboxylic acids is 2. The molecule has 0 spiro atoms. The number of hydrogen-bond acceptors (Lipinski definition) is 4. The topological polar surface area (TPSA) is 61.9 Å². The second-order valence-corrected chi connectivity index (χ2v) is 7.78. The standard InChI is InChI=1S/C23H26FN3O3/c24-19-5-7-20(8-6-19)25-22(28)15-26-10-12-27(13-11-26)23(29)16-30-21-9-4-17-2-1-3-18(17)14-21/h4-9,14H,1-3,10-13,15-16H2,(H,25,28). The second-order valence-electron chi connectivity index (χ2n) is 7.78. The molecule has 2 aromatic carbocycles. The summed E-state index contributed by atoms with van der Waals surface area (Å²) in [6.07, 6.45) is 3.39. The lowest BCUT2D eigenvalue weighted by atomic mass is 10.1. The minimum atomic E-state index is -0.339. The zero-order valence-electron chi connectivity index (χ0n) is 16.9. The molecule has 2 aliphatic rings. The van der Waals surface area contributed by atoms with E-state index in [2.05, 4.69) is 11.4 Å². The van der Waals surface area contributed by atoms with Crippen LogP contribution in [-0.2, 0) is 22.4 Å². The molecule has 1 fully saturated rings. The number of anilines is 1. The van der Waals surface area contributed by atoms with Gasteiger partial charge in [-0.25, -0.2) is 4.39 Å². The van der Waals surface area contributed by atoms with Gasteiger partial charge in [-0.2, -0.15) is 0 Å². The Labute approximate surface area is 175 Å². The van der Waals surface area contributed by atoms with Gasteiger partial charge in [0.1, 0.15) is 11.6 Å². The summed E-state index contributed by atoms with van der Waals surface area (Å²) >= 11 is 0. The van der Waals surface area contributed by atoms with Gasteiger partial charge >= 0.3 is 0 Å². The Morgan fingerprint density at radius 1 is 0.967 bits per heavy atom. The van der Waals surface area contributed by atoms with Crippen molar-refractivity contribution in [3.63, 3.8) is 0 Å². The van der Waals surface area contributed by atoms with Crippen LogP contribution in [0.4, 0.5) is 10.1 Å². The SMILES string of the molecule is O=C(CN1CCN(C(=O)COc2ccc3c(c2)CCC3)CC1)Nc1ccc(F)cc1. The van der Waals surface area contributed by atoms with Gasteiger partial charge in [0.15, 0.2) is 6.61 Å². The molecule has 1 N–H and O–H groups in total. The van der Waals surface area contributed by atoms with Crippen molar-refractivity contribution in [2.24, 2.45) is 0 Å². The van der Waals surface area contributed by atoms with Gasteiger partial charge in [0.05, 0.1) is 6.54 Å². The highest BCUT2D eigenvalue weighted by Gasteiger charge is 2.23. The van der Waals surface area contributed by atoms with Crippen molar-refractivity contribution in [3.8, 4) is 5.75 Å². The Hall–Kier alpha value is -2.93. The number of nitrogens with one attached hydrogen (secondary N) is 1. The van der Waals surface area contributed by atoms with E-state index in [1.165, 1.54) is 41.8 Å². The normalized spacial score (nSPS) is 16.2. The lowest BCUT2D eigenvalue weighted by Crippen LogP contribution is -2.51. The van der Waals surface area contributed by atoms with E-state index in [-0.39, 0.29) is 30.8 Å². The molecule has 0 atom stereocenters. The van der Waals surface area contributed by atoms with Crippen molar-refractivity contribution in [3.05, 3.63) is 59.4 Å². The Balaban J connectivity index is 1.18. The average Bonchev–Trinajstić information content (AvgIpc) is 3.22. The zero-order valence-corrected chi connectivity index (χ0v) is 16.9. The van der Waals surface area contributed by atoms with Gasteiger partial charge in [0.25, 0.3) is 5.91 Å². The number of aryl methyl sites for hydroxylation is 2. The molecule has 0 aromatic heterocycles. The van der Waals surface area contributed by atoms with Crippen molar-refractivity contribution < 1.29 is 18.7 Å². The Morgan fingerprint density at radius 2 is 1.70 bits per heavy atom. The van der Waals surface area contributed by atoms with Gasteiger partial charge in [-0.1, -0.05) is 6.07 Å². The highest BCUT2D eigenvalue weighted by atomic mass is 19.1. The summed E-state index contributed by atoms with van der Waals surface area (Å²) in [7, 11) is 0. The van der Waals surface area contributed by atoms with Gasteiger partial charge < -0.3 is 15.0 Å². The third-order valence-corrected chi connectivity index (χ3v) is 5.65. The number of rotatable bonds is 6. The Morgan fingerprint density at radius 3 is 2.47 bits per heavy atom. The number of ether oxygens (including phenoxy) is 1. The van der Waals surface area contributed by atoms with Crippen LogP contribution in [0.3, 0.4) is 0 Å². The maximum Gasteiger partial charge on any atom is 0.260 e. The Bertz CT molecular complexity index is 908. The van der Waals surface area contributed by atoms with Crippen LogP contribution in [-0.4, -0.2) is 60.9 Å². The molecule has 7 heteroatoms. The van der Waals surface area contributed by atoms with E-state index in [4.69, 9.17) is 4.74 Å². The molecule has 1 aliphatic carbocycles. The number of nitrogens with zero attached hydrogens (tertiary/aromatic N) is 2. The highest BCUT2D eigenvalue weighted by molar-refractivity contribution is 5.92. The molecule has 30 heavy (non-hydrogen) atoms. The van der Waals surface area contributed by atoms with Crippen molar-refractivity contribution in [1.29, 1.82) is 0 Å². The molecule has 1 saturated heterocycles. The van der Waals surface area contributed by atoms with E-state index >= 15 is 0 Å². The first-order valence-corrected chi connectivity index (χ1v) is 10.4. The maximum absolute atomic E-state index is 12.9. The first kappa shape index (κ1) is 20.3. The summed E-state index contributed by atoms with van der Waals surface area (Å²) in [5, 5.41) is 2.76. The monoisotopic (exact) mass is 411 g/mol. The van der Waals surface area contributed by atoms with E-state index in [9.17, 15) is 14.0 Å². The summed E-state index contributed by atoms with van der Waals surface area (Å²) in [5.41, 5.74) is 3.28. The minimum absolute atomic E-state index is 0.0316. The molecular weight excluding hydrogens is 385 g/mol. The zero-order chi connectivity index (χ0) is 20.9. The minimum Gasteiger partial charge on any atom is -0.484 e. The maximum atomic E-state index is 12.9. The smallest absolute Gasteiger partial charge is 0.260 e. The van der Waals surface area contributed by atoms with Gasteiger partial charge in [-0.3, -0.25) is 14.5 Å². The van der Waals surface area contributed by atoms with Crippen LogP contribution in [0.25, 0.3) is 0 Å². The molecule has 0 bridgehead atoms. The number of halogens is 1. The fourth-order valence-corrected chi connectivity index (χ4v) is 3.97.